The lowest BCUT2D eigenvalue weighted by molar-refractivity contribution is 0.147. The molecule has 0 radical (unpaired) electrons. The number of hydrogen-bond acceptors (Lipinski definition) is 5. The third-order valence-electron chi connectivity index (χ3n) is 4.22. The van der Waals surface area contributed by atoms with E-state index in [4.69, 9.17) is 0 Å². The molecule has 3 aromatic rings. The van der Waals surface area contributed by atoms with Crippen molar-refractivity contribution >= 4 is 11.6 Å². The minimum absolute atomic E-state index is 0.152. The monoisotopic (exact) mass is 298 g/mol. The van der Waals surface area contributed by atoms with Crippen LogP contribution < -0.4 is 4.90 Å². The molecule has 3 aromatic heterocycles. The number of aliphatic hydroxyl groups is 1. The Hall–Kier alpha value is -2.41. The normalized spacial score (nSPS) is 21.8. The minimum atomic E-state index is -0.381. The van der Waals surface area contributed by atoms with Gasteiger partial charge in [0.1, 0.15) is 0 Å². The Morgan fingerprint density at radius 3 is 3.05 bits per heavy atom. The fourth-order valence-electron chi connectivity index (χ4n) is 3.11. The predicted molar refractivity (Wildman–Crippen MR) is 81.7 cm³/mol. The van der Waals surface area contributed by atoms with Gasteiger partial charge in [0.2, 0.25) is 5.95 Å². The number of rotatable bonds is 3. The van der Waals surface area contributed by atoms with Crippen LogP contribution in [0.5, 0.6) is 0 Å². The van der Waals surface area contributed by atoms with Gasteiger partial charge in [-0.3, -0.25) is 9.50 Å². The van der Waals surface area contributed by atoms with Crippen molar-refractivity contribution in [1.82, 2.24) is 24.8 Å². The zero-order chi connectivity index (χ0) is 15.1. The quantitative estimate of drug-likeness (QED) is 0.747. The van der Waals surface area contributed by atoms with Crippen molar-refractivity contribution in [1.29, 1.82) is 0 Å². The summed E-state index contributed by atoms with van der Waals surface area (Å²) in [6, 6.07) is 7.85. The summed E-state index contributed by atoms with van der Waals surface area (Å²) in [6.45, 7) is 3.31. The van der Waals surface area contributed by atoms with Crippen molar-refractivity contribution in [3.63, 3.8) is 0 Å². The molecule has 22 heavy (non-hydrogen) atoms. The molecule has 0 saturated carbocycles. The average molecular weight is 298 g/mol. The Labute approximate surface area is 127 Å². The van der Waals surface area contributed by atoms with E-state index in [1.54, 1.807) is 0 Å². The van der Waals surface area contributed by atoms with E-state index in [1.165, 1.54) is 0 Å². The smallest absolute Gasteiger partial charge is 0.231 e. The molecule has 0 amide bonds. The summed E-state index contributed by atoms with van der Waals surface area (Å²) in [5, 5.41) is 26.0. The fraction of sp³-hybridized carbons (Fsp3) is 0.400. The Bertz CT molecular complexity index is 794. The van der Waals surface area contributed by atoms with E-state index in [9.17, 15) is 5.11 Å². The molecule has 0 bridgehead atoms. The van der Waals surface area contributed by atoms with E-state index >= 15 is 0 Å². The molecule has 1 fully saturated rings. The number of hydrogen-bond donors (Lipinski definition) is 2. The number of aliphatic hydroxyl groups excluding tert-OH is 1. The average Bonchev–Trinajstić information content (AvgIpc) is 3.19. The molecule has 0 spiro atoms. The molecule has 4 heterocycles. The van der Waals surface area contributed by atoms with Crippen molar-refractivity contribution in [3.8, 4) is 0 Å². The molecule has 4 rings (SSSR count). The summed E-state index contributed by atoms with van der Waals surface area (Å²) in [6.07, 6.45) is 2.33. The van der Waals surface area contributed by atoms with Gasteiger partial charge >= 0.3 is 0 Å². The highest BCUT2D eigenvalue weighted by molar-refractivity contribution is 5.47. The van der Waals surface area contributed by atoms with E-state index in [1.807, 2.05) is 41.8 Å². The lowest BCUT2D eigenvalue weighted by Gasteiger charge is -2.15. The molecule has 2 atom stereocenters. The maximum atomic E-state index is 10.4. The molecule has 1 saturated heterocycles. The maximum absolute atomic E-state index is 10.4. The number of aromatic nitrogens is 5. The standard InChI is InChI=1S/C15H18N6O/c1-10-6-12(17-16-10)7-11-8-20(9-13(11)22)15-19-18-14-4-2-3-5-21(14)15/h2-6,11,13,22H,7-9H2,1H3,(H,16,17)/t11-,13+/m1/s1. The van der Waals surface area contributed by atoms with Crippen molar-refractivity contribution in [3.05, 3.63) is 41.9 Å². The largest absolute Gasteiger partial charge is 0.391 e. The van der Waals surface area contributed by atoms with E-state index in [0.29, 0.717) is 6.54 Å². The number of nitrogens with zero attached hydrogens (tertiary/aromatic N) is 5. The first-order chi connectivity index (χ1) is 10.7. The number of aryl methyl sites for hydroxylation is 1. The van der Waals surface area contributed by atoms with Gasteiger partial charge in [-0.25, -0.2) is 0 Å². The zero-order valence-corrected chi connectivity index (χ0v) is 12.3. The first-order valence-corrected chi connectivity index (χ1v) is 7.44. The Morgan fingerprint density at radius 2 is 2.23 bits per heavy atom. The first-order valence-electron chi connectivity index (χ1n) is 7.44. The summed E-state index contributed by atoms with van der Waals surface area (Å²) in [5.41, 5.74) is 2.86. The fourth-order valence-corrected chi connectivity index (χ4v) is 3.11. The van der Waals surface area contributed by atoms with Crippen molar-refractivity contribution in [2.45, 2.75) is 19.4 Å². The second-order valence-corrected chi connectivity index (χ2v) is 5.91. The minimum Gasteiger partial charge on any atom is -0.391 e. The molecule has 0 aliphatic carbocycles. The van der Waals surface area contributed by atoms with E-state index in [0.717, 1.165) is 35.9 Å². The SMILES string of the molecule is Cc1cc(C[C@@H]2CN(c3nnc4ccccn34)C[C@@H]2O)n[nH]1. The van der Waals surface area contributed by atoms with Crippen LogP contribution in [0.4, 0.5) is 5.95 Å². The van der Waals surface area contributed by atoms with Gasteiger partial charge in [-0.15, -0.1) is 10.2 Å². The van der Waals surface area contributed by atoms with Crippen LogP contribution in [0.15, 0.2) is 30.5 Å². The van der Waals surface area contributed by atoms with Crippen LogP contribution in [0.25, 0.3) is 5.65 Å². The summed E-state index contributed by atoms with van der Waals surface area (Å²) in [7, 11) is 0. The number of fused-ring (bicyclic) bond motifs is 1. The predicted octanol–water partition coefficient (Wildman–Crippen LogP) is 0.801. The van der Waals surface area contributed by atoms with Gasteiger partial charge < -0.3 is 10.0 Å². The summed E-state index contributed by atoms with van der Waals surface area (Å²) in [4.78, 5) is 2.09. The highest BCUT2D eigenvalue weighted by Gasteiger charge is 2.33. The van der Waals surface area contributed by atoms with Gasteiger partial charge in [0.25, 0.3) is 0 Å². The van der Waals surface area contributed by atoms with Crippen LogP contribution in [-0.4, -0.2) is 49.1 Å². The highest BCUT2D eigenvalue weighted by Crippen LogP contribution is 2.25. The summed E-state index contributed by atoms with van der Waals surface area (Å²) < 4.78 is 1.95. The first kappa shape index (κ1) is 13.3. The van der Waals surface area contributed by atoms with Gasteiger partial charge in [0.15, 0.2) is 5.65 Å². The molecule has 7 nitrogen and oxygen atoms in total. The third kappa shape index (κ3) is 2.23. The second kappa shape index (κ2) is 5.10. The molecule has 1 aliphatic rings. The number of pyridine rings is 1. The van der Waals surface area contributed by atoms with Gasteiger partial charge in [-0.05, 0) is 31.5 Å². The van der Waals surface area contributed by atoms with E-state index < -0.39 is 0 Å². The van der Waals surface area contributed by atoms with Crippen LogP contribution >= 0.6 is 0 Å². The zero-order valence-electron chi connectivity index (χ0n) is 12.3. The summed E-state index contributed by atoms with van der Waals surface area (Å²) >= 11 is 0. The van der Waals surface area contributed by atoms with Crippen LogP contribution in [0.2, 0.25) is 0 Å². The maximum Gasteiger partial charge on any atom is 0.231 e. The number of nitrogens with one attached hydrogen (secondary N) is 1. The number of anilines is 1. The van der Waals surface area contributed by atoms with Crippen molar-refractivity contribution in [2.24, 2.45) is 5.92 Å². The third-order valence-corrected chi connectivity index (χ3v) is 4.22. The molecule has 2 N–H and O–H groups in total. The Kier molecular flexibility index (Phi) is 3.07. The molecule has 114 valence electrons. The second-order valence-electron chi connectivity index (χ2n) is 5.91. The van der Waals surface area contributed by atoms with Gasteiger partial charge in [-0.1, -0.05) is 6.07 Å². The molecular formula is C15H18N6O. The molecule has 0 unspecified atom stereocenters. The Morgan fingerprint density at radius 1 is 1.32 bits per heavy atom. The molecule has 0 aromatic carbocycles. The number of aromatic amines is 1. The van der Waals surface area contributed by atoms with Gasteiger partial charge in [0.05, 0.1) is 11.8 Å². The summed E-state index contributed by atoms with van der Waals surface area (Å²) in [5.74, 6) is 0.939. The van der Waals surface area contributed by atoms with Crippen LogP contribution in [0.1, 0.15) is 11.4 Å². The van der Waals surface area contributed by atoms with Gasteiger partial charge in [-0.2, -0.15) is 5.10 Å². The number of β-amino-alcohol motifs (C(OH)–C–C–N with tert-alkyl or cyclic N) is 1. The molecule has 7 heteroatoms. The van der Waals surface area contributed by atoms with E-state index in [2.05, 4.69) is 25.3 Å². The van der Waals surface area contributed by atoms with Crippen molar-refractivity contribution in [2.75, 3.05) is 18.0 Å². The Balaban J connectivity index is 1.55. The van der Waals surface area contributed by atoms with Crippen molar-refractivity contribution < 1.29 is 5.11 Å². The van der Waals surface area contributed by atoms with Crippen LogP contribution in [0.3, 0.4) is 0 Å². The highest BCUT2D eigenvalue weighted by atomic mass is 16.3. The van der Waals surface area contributed by atoms with Gasteiger partial charge in [0, 0.05) is 30.9 Å². The lowest BCUT2D eigenvalue weighted by Crippen LogP contribution is -2.23. The lowest BCUT2D eigenvalue weighted by atomic mass is 10.0. The van der Waals surface area contributed by atoms with E-state index in [-0.39, 0.29) is 12.0 Å². The van der Waals surface area contributed by atoms with Crippen LogP contribution in [-0.2, 0) is 6.42 Å². The molecule has 1 aliphatic heterocycles. The molecular weight excluding hydrogens is 280 g/mol. The topological polar surface area (TPSA) is 82.3 Å². The van der Waals surface area contributed by atoms with Crippen LogP contribution in [0, 0.1) is 12.8 Å². The number of H-pyrrole nitrogens is 1.